The average Bonchev–Trinajstić information content (AvgIpc) is 2.34. The SMILES string of the molecule is CC(C)Cc1ccn(C(C)C)c1. The van der Waals surface area contributed by atoms with Crippen LogP contribution in [0, 0.1) is 5.92 Å². The number of hydrogen-bond acceptors (Lipinski definition) is 0. The van der Waals surface area contributed by atoms with Gasteiger partial charge in [0, 0.05) is 18.4 Å². The highest BCUT2D eigenvalue weighted by Crippen LogP contribution is 2.12. The minimum absolute atomic E-state index is 0.589. The fourth-order valence-electron chi connectivity index (χ4n) is 1.37. The van der Waals surface area contributed by atoms with Gasteiger partial charge < -0.3 is 4.57 Å². The molecule has 68 valence electrons. The highest BCUT2D eigenvalue weighted by Gasteiger charge is 2.01. The zero-order valence-electron chi connectivity index (χ0n) is 8.54. The van der Waals surface area contributed by atoms with Crippen molar-refractivity contribution in [3.8, 4) is 0 Å². The minimum atomic E-state index is 0.589. The molecule has 0 bridgehead atoms. The van der Waals surface area contributed by atoms with Gasteiger partial charge in [0.05, 0.1) is 0 Å². The molecule has 1 nitrogen and oxygen atoms in total. The predicted octanol–water partition coefficient (Wildman–Crippen LogP) is 3.27. The van der Waals surface area contributed by atoms with Gasteiger partial charge in [0.15, 0.2) is 0 Å². The first-order valence-corrected chi connectivity index (χ1v) is 4.76. The first-order chi connectivity index (χ1) is 5.59. The van der Waals surface area contributed by atoms with Crippen LogP contribution in [0.5, 0.6) is 0 Å². The van der Waals surface area contributed by atoms with Crippen LogP contribution in [0.15, 0.2) is 18.5 Å². The van der Waals surface area contributed by atoms with Gasteiger partial charge in [-0.15, -0.1) is 0 Å². The molecule has 0 atom stereocenters. The summed E-state index contributed by atoms with van der Waals surface area (Å²) in [5.41, 5.74) is 1.46. The summed E-state index contributed by atoms with van der Waals surface area (Å²) in [6.45, 7) is 8.93. The first kappa shape index (κ1) is 9.37. The van der Waals surface area contributed by atoms with Crippen molar-refractivity contribution in [1.29, 1.82) is 0 Å². The molecule has 1 aromatic heterocycles. The molecule has 0 N–H and O–H groups in total. The maximum absolute atomic E-state index is 2.26. The molecule has 1 heteroatoms. The van der Waals surface area contributed by atoms with Crippen molar-refractivity contribution in [2.45, 2.75) is 40.2 Å². The molecular formula is C11H19N. The lowest BCUT2D eigenvalue weighted by Crippen LogP contribution is -1.97. The molecular weight excluding hydrogens is 146 g/mol. The Morgan fingerprint density at radius 2 is 1.92 bits per heavy atom. The van der Waals surface area contributed by atoms with E-state index in [1.165, 1.54) is 12.0 Å². The van der Waals surface area contributed by atoms with Crippen LogP contribution in [0.1, 0.15) is 39.3 Å². The van der Waals surface area contributed by atoms with E-state index in [0.29, 0.717) is 6.04 Å². The molecule has 0 aliphatic carbocycles. The van der Waals surface area contributed by atoms with E-state index < -0.39 is 0 Å². The molecule has 0 unspecified atom stereocenters. The van der Waals surface area contributed by atoms with Crippen LogP contribution in [0.4, 0.5) is 0 Å². The van der Waals surface area contributed by atoms with Gasteiger partial charge in [0.25, 0.3) is 0 Å². The fourth-order valence-corrected chi connectivity index (χ4v) is 1.37. The minimum Gasteiger partial charge on any atom is -0.352 e. The Labute approximate surface area is 75.4 Å². The number of nitrogens with zero attached hydrogens (tertiary/aromatic N) is 1. The van der Waals surface area contributed by atoms with Crippen molar-refractivity contribution < 1.29 is 0 Å². The van der Waals surface area contributed by atoms with Crippen LogP contribution >= 0.6 is 0 Å². The fraction of sp³-hybridized carbons (Fsp3) is 0.636. The van der Waals surface area contributed by atoms with Crippen LogP contribution in [0.25, 0.3) is 0 Å². The average molecular weight is 165 g/mol. The molecule has 0 saturated heterocycles. The molecule has 0 spiro atoms. The number of rotatable bonds is 3. The second-order valence-electron chi connectivity index (χ2n) is 4.16. The maximum Gasteiger partial charge on any atom is 0.0274 e. The highest BCUT2D eigenvalue weighted by atomic mass is 15.0. The van der Waals surface area contributed by atoms with Crippen molar-refractivity contribution in [3.05, 3.63) is 24.0 Å². The number of hydrogen-bond donors (Lipinski definition) is 0. The van der Waals surface area contributed by atoms with Crippen molar-refractivity contribution in [3.63, 3.8) is 0 Å². The molecule has 0 aliphatic heterocycles. The lowest BCUT2D eigenvalue weighted by Gasteiger charge is -2.06. The second kappa shape index (κ2) is 3.79. The van der Waals surface area contributed by atoms with Crippen molar-refractivity contribution in [1.82, 2.24) is 4.57 Å². The summed E-state index contributed by atoms with van der Waals surface area (Å²) < 4.78 is 2.26. The molecule has 0 aromatic carbocycles. The van der Waals surface area contributed by atoms with Gasteiger partial charge in [-0.05, 0) is 37.8 Å². The molecule has 0 radical (unpaired) electrons. The topological polar surface area (TPSA) is 4.93 Å². The van der Waals surface area contributed by atoms with Gasteiger partial charge in [0.1, 0.15) is 0 Å². The summed E-state index contributed by atoms with van der Waals surface area (Å²) >= 11 is 0. The van der Waals surface area contributed by atoms with Crippen LogP contribution in [0.2, 0.25) is 0 Å². The summed E-state index contributed by atoms with van der Waals surface area (Å²) in [4.78, 5) is 0. The van der Waals surface area contributed by atoms with Crippen LogP contribution in [-0.4, -0.2) is 4.57 Å². The van der Waals surface area contributed by atoms with Crippen LogP contribution in [-0.2, 0) is 6.42 Å². The van der Waals surface area contributed by atoms with Crippen LogP contribution < -0.4 is 0 Å². The standard InChI is InChI=1S/C11H19N/c1-9(2)7-11-5-6-12(8-11)10(3)4/h5-6,8-10H,7H2,1-4H3. The smallest absolute Gasteiger partial charge is 0.0274 e. The second-order valence-corrected chi connectivity index (χ2v) is 4.16. The van der Waals surface area contributed by atoms with E-state index in [-0.39, 0.29) is 0 Å². The molecule has 0 amide bonds. The summed E-state index contributed by atoms with van der Waals surface area (Å²) in [6, 6.07) is 2.81. The third kappa shape index (κ3) is 2.40. The Kier molecular flexibility index (Phi) is 2.96. The first-order valence-electron chi connectivity index (χ1n) is 4.76. The largest absolute Gasteiger partial charge is 0.352 e. The van der Waals surface area contributed by atoms with Gasteiger partial charge in [-0.1, -0.05) is 13.8 Å². The summed E-state index contributed by atoms with van der Waals surface area (Å²) in [6.07, 6.45) is 5.62. The van der Waals surface area contributed by atoms with Gasteiger partial charge in [-0.3, -0.25) is 0 Å². The Bertz CT molecular complexity index is 233. The highest BCUT2D eigenvalue weighted by molar-refractivity contribution is 5.11. The zero-order chi connectivity index (χ0) is 9.14. The Balaban J connectivity index is 2.64. The summed E-state index contributed by atoms with van der Waals surface area (Å²) in [5, 5.41) is 0. The van der Waals surface area contributed by atoms with E-state index in [1.54, 1.807) is 0 Å². The van der Waals surface area contributed by atoms with Gasteiger partial charge in [0.2, 0.25) is 0 Å². The molecule has 1 rings (SSSR count). The maximum atomic E-state index is 2.26. The zero-order valence-corrected chi connectivity index (χ0v) is 8.54. The molecule has 1 aromatic rings. The Hall–Kier alpha value is -0.720. The van der Waals surface area contributed by atoms with E-state index in [9.17, 15) is 0 Å². The molecule has 1 heterocycles. The van der Waals surface area contributed by atoms with Crippen molar-refractivity contribution in [2.75, 3.05) is 0 Å². The number of aromatic nitrogens is 1. The summed E-state index contributed by atoms with van der Waals surface area (Å²) in [7, 11) is 0. The Morgan fingerprint density at radius 3 is 2.33 bits per heavy atom. The van der Waals surface area contributed by atoms with E-state index in [2.05, 4.69) is 50.7 Å². The van der Waals surface area contributed by atoms with Crippen molar-refractivity contribution in [2.24, 2.45) is 5.92 Å². The molecule has 12 heavy (non-hydrogen) atoms. The third-order valence-corrected chi connectivity index (χ3v) is 2.02. The molecule has 0 saturated carbocycles. The van der Waals surface area contributed by atoms with Gasteiger partial charge >= 0.3 is 0 Å². The van der Waals surface area contributed by atoms with Gasteiger partial charge in [-0.2, -0.15) is 0 Å². The third-order valence-electron chi connectivity index (χ3n) is 2.02. The van der Waals surface area contributed by atoms with E-state index >= 15 is 0 Å². The quantitative estimate of drug-likeness (QED) is 0.648. The van der Waals surface area contributed by atoms with E-state index in [4.69, 9.17) is 0 Å². The Morgan fingerprint density at radius 1 is 1.25 bits per heavy atom. The van der Waals surface area contributed by atoms with Crippen LogP contribution in [0.3, 0.4) is 0 Å². The lowest BCUT2D eigenvalue weighted by atomic mass is 10.1. The summed E-state index contributed by atoms with van der Waals surface area (Å²) in [5.74, 6) is 0.757. The molecule has 0 aliphatic rings. The van der Waals surface area contributed by atoms with E-state index in [0.717, 1.165) is 5.92 Å². The lowest BCUT2D eigenvalue weighted by molar-refractivity contribution is 0.596. The van der Waals surface area contributed by atoms with Gasteiger partial charge in [-0.25, -0.2) is 0 Å². The predicted molar refractivity (Wildman–Crippen MR) is 53.4 cm³/mol. The molecule has 0 fully saturated rings. The van der Waals surface area contributed by atoms with E-state index in [1.807, 2.05) is 0 Å². The normalized spacial score (nSPS) is 11.5. The monoisotopic (exact) mass is 165 g/mol. The van der Waals surface area contributed by atoms with Crippen molar-refractivity contribution >= 4 is 0 Å².